The molecule has 4 heteroatoms. The summed E-state index contributed by atoms with van der Waals surface area (Å²) in [4.78, 5) is 23.6. The fourth-order valence-corrected chi connectivity index (χ4v) is 2.02. The maximum absolute atomic E-state index is 12.2. The number of hydrogen-bond donors (Lipinski definition) is 2. The van der Waals surface area contributed by atoms with Gasteiger partial charge in [0.05, 0.1) is 0 Å². The van der Waals surface area contributed by atoms with Gasteiger partial charge in [-0.1, -0.05) is 32.0 Å². The van der Waals surface area contributed by atoms with Crippen molar-refractivity contribution in [2.24, 2.45) is 0 Å². The van der Waals surface area contributed by atoms with Crippen molar-refractivity contribution in [3.63, 3.8) is 0 Å². The zero-order valence-electron chi connectivity index (χ0n) is 12.8. The summed E-state index contributed by atoms with van der Waals surface area (Å²) in [6.45, 7) is 3.87. The molecular formula is C18H20N2O2. The normalized spacial score (nSPS) is 10.1. The molecule has 0 aromatic heterocycles. The Morgan fingerprint density at radius 2 is 1.55 bits per heavy atom. The van der Waals surface area contributed by atoms with Crippen molar-refractivity contribution in [3.8, 4) is 0 Å². The molecule has 2 amide bonds. The maximum Gasteiger partial charge on any atom is 0.255 e. The van der Waals surface area contributed by atoms with Gasteiger partial charge in [-0.3, -0.25) is 9.59 Å². The zero-order valence-corrected chi connectivity index (χ0v) is 12.8. The Labute approximate surface area is 130 Å². The van der Waals surface area contributed by atoms with E-state index >= 15 is 0 Å². The van der Waals surface area contributed by atoms with Crippen molar-refractivity contribution >= 4 is 23.2 Å². The van der Waals surface area contributed by atoms with Crippen LogP contribution in [0.2, 0.25) is 0 Å². The van der Waals surface area contributed by atoms with Crippen LogP contribution >= 0.6 is 0 Å². The van der Waals surface area contributed by atoms with Crippen LogP contribution in [0.15, 0.2) is 48.5 Å². The van der Waals surface area contributed by atoms with Crippen LogP contribution in [0.25, 0.3) is 0 Å². The summed E-state index contributed by atoms with van der Waals surface area (Å²) in [5.41, 5.74) is 3.13. The van der Waals surface area contributed by atoms with E-state index < -0.39 is 0 Å². The van der Waals surface area contributed by atoms with E-state index in [0.29, 0.717) is 23.4 Å². The van der Waals surface area contributed by atoms with Gasteiger partial charge in [0.25, 0.3) is 5.91 Å². The van der Waals surface area contributed by atoms with E-state index in [1.165, 1.54) is 5.56 Å². The summed E-state index contributed by atoms with van der Waals surface area (Å²) < 4.78 is 0. The summed E-state index contributed by atoms with van der Waals surface area (Å²) in [6, 6.07) is 14.7. The van der Waals surface area contributed by atoms with E-state index in [2.05, 4.69) is 17.6 Å². The van der Waals surface area contributed by atoms with E-state index in [0.717, 1.165) is 6.42 Å². The second kappa shape index (κ2) is 7.41. The fourth-order valence-electron chi connectivity index (χ4n) is 2.02. The van der Waals surface area contributed by atoms with Crippen molar-refractivity contribution in [2.75, 3.05) is 10.6 Å². The topological polar surface area (TPSA) is 58.2 Å². The van der Waals surface area contributed by atoms with E-state index in [1.54, 1.807) is 31.2 Å². The molecule has 114 valence electrons. The minimum absolute atomic E-state index is 0.0568. The fraction of sp³-hybridized carbons (Fsp3) is 0.222. The molecule has 0 aliphatic rings. The third-order valence-corrected chi connectivity index (χ3v) is 3.35. The Hall–Kier alpha value is -2.62. The standard InChI is InChI=1S/C18H20N2O2/c1-3-13-8-10-14(11-9-13)18(22)20-16-7-5-6-15(12-16)19-17(21)4-2/h5-12H,3-4H2,1-2H3,(H,19,21)(H,20,22). The van der Waals surface area contributed by atoms with Crippen LogP contribution in [0.4, 0.5) is 11.4 Å². The molecule has 2 aromatic rings. The molecule has 22 heavy (non-hydrogen) atoms. The molecule has 0 unspecified atom stereocenters. The average molecular weight is 296 g/mol. The van der Waals surface area contributed by atoms with Gasteiger partial charge in [-0.25, -0.2) is 0 Å². The van der Waals surface area contributed by atoms with E-state index in [1.807, 2.05) is 24.3 Å². The van der Waals surface area contributed by atoms with Gasteiger partial charge in [0.2, 0.25) is 5.91 Å². The molecule has 0 saturated heterocycles. The molecule has 0 aliphatic heterocycles. The number of rotatable bonds is 5. The van der Waals surface area contributed by atoms with Crippen LogP contribution in [0.1, 0.15) is 36.2 Å². The van der Waals surface area contributed by atoms with E-state index in [9.17, 15) is 9.59 Å². The van der Waals surface area contributed by atoms with Crippen LogP contribution in [0.5, 0.6) is 0 Å². The molecular weight excluding hydrogens is 276 g/mol. The largest absolute Gasteiger partial charge is 0.326 e. The molecule has 0 fully saturated rings. The first-order valence-corrected chi connectivity index (χ1v) is 7.42. The third kappa shape index (κ3) is 4.19. The first-order valence-electron chi connectivity index (χ1n) is 7.42. The number of amides is 2. The highest BCUT2D eigenvalue weighted by molar-refractivity contribution is 6.04. The lowest BCUT2D eigenvalue weighted by atomic mass is 10.1. The summed E-state index contributed by atoms with van der Waals surface area (Å²) in [5, 5.41) is 5.61. The van der Waals surface area contributed by atoms with Crippen molar-refractivity contribution < 1.29 is 9.59 Å². The molecule has 0 aliphatic carbocycles. The van der Waals surface area contributed by atoms with Gasteiger partial charge in [-0.2, -0.15) is 0 Å². The average Bonchev–Trinajstić information content (AvgIpc) is 2.55. The van der Waals surface area contributed by atoms with Gasteiger partial charge in [0.1, 0.15) is 0 Å². The summed E-state index contributed by atoms with van der Waals surface area (Å²) in [7, 11) is 0. The third-order valence-electron chi connectivity index (χ3n) is 3.35. The van der Waals surface area contributed by atoms with Crippen LogP contribution in [-0.4, -0.2) is 11.8 Å². The molecule has 2 rings (SSSR count). The minimum Gasteiger partial charge on any atom is -0.326 e. The number of benzene rings is 2. The monoisotopic (exact) mass is 296 g/mol. The second-order valence-electron chi connectivity index (χ2n) is 4.99. The number of hydrogen-bond acceptors (Lipinski definition) is 2. The highest BCUT2D eigenvalue weighted by Gasteiger charge is 2.07. The van der Waals surface area contributed by atoms with Gasteiger partial charge in [-0.05, 0) is 42.3 Å². The molecule has 0 heterocycles. The van der Waals surface area contributed by atoms with Gasteiger partial charge < -0.3 is 10.6 Å². The first kappa shape index (κ1) is 15.8. The van der Waals surface area contributed by atoms with Crippen LogP contribution in [0.3, 0.4) is 0 Å². The Morgan fingerprint density at radius 1 is 0.909 bits per heavy atom. The van der Waals surface area contributed by atoms with Gasteiger partial charge >= 0.3 is 0 Å². The number of anilines is 2. The Kier molecular flexibility index (Phi) is 5.31. The first-order chi connectivity index (χ1) is 10.6. The van der Waals surface area contributed by atoms with Crippen molar-refractivity contribution in [1.82, 2.24) is 0 Å². The highest BCUT2D eigenvalue weighted by atomic mass is 16.2. The number of aryl methyl sites for hydroxylation is 1. The van der Waals surface area contributed by atoms with Crippen molar-refractivity contribution in [3.05, 3.63) is 59.7 Å². The molecule has 0 spiro atoms. The number of carbonyl (C=O) groups excluding carboxylic acids is 2. The predicted molar refractivity (Wildman–Crippen MR) is 89.1 cm³/mol. The van der Waals surface area contributed by atoms with Crippen LogP contribution in [0, 0.1) is 0 Å². The van der Waals surface area contributed by atoms with Gasteiger partial charge in [-0.15, -0.1) is 0 Å². The minimum atomic E-state index is -0.165. The molecule has 0 saturated carbocycles. The SMILES string of the molecule is CCC(=O)Nc1cccc(NC(=O)c2ccc(CC)cc2)c1. The van der Waals surface area contributed by atoms with Crippen LogP contribution < -0.4 is 10.6 Å². The molecule has 2 aromatic carbocycles. The number of nitrogens with one attached hydrogen (secondary N) is 2. The van der Waals surface area contributed by atoms with Crippen molar-refractivity contribution in [1.29, 1.82) is 0 Å². The number of carbonyl (C=O) groups is 2. The van der Waals surface area contributed by atoms with Crippen molar-refractivity contribution in [2.45, 2.75) is 26.7 Å². The van der Waals surface area contributed by atoms with Crippen LogP contribution in [-0.2, 0) is 11.2 Å². The zero-order chi connectivity index (χ0) is 15.9. The molecule has 2 N–H and O–H groups in total. The smallest absolute Gasteiger partial charge is 0.255 e. The lowest BCUT2D eigenvalue weighted by molar-refractivity contribution is -0.115. The van der Waals surface area contributed by atoms with Gasteiger partial charge in [0.15, 0.2) is 0 Å². The summed E-state index contributed by atoms with van der Waals surface area (Å²) >= 11 is 0. The summed E-state index contributed by atoms with van der Waals surface area (Å²) in [5.74, 6) is -0.222. The lowest BCUT2D eigenvalue weighted by Crippen LogP contribution is -2.13. The van der Waals surface area contributed by atoms with E-state index in [-0.39, 0.29) is 11.8 Å². The highest BCUT2D eigenvalue weighted by Crippen LogP contribution is 2.16. The maximum atomic E-state index is 12.2. The van der Waals surface area contributed by atoms with Gasteiger partial charge in [0, 0.05) is 23.4 Å². The predicted octanol–water partition coefficient (Wildman–Crippen LogP) is 3.85. The second-order valence-corrected chi connectivity index (χ2v) is 4.99. The molecule has 0 radical (unpaired) electrons. The quantitative estimate of drug-likeness (QED) is 0.880. The molecule has 4 nitrogen and oxygen atoms in total. The molecule has 0 bridgehead atoms. The summed E-state index contributed by atoms with van der Waals surface area (Å²) in [6.07, 6.45) is 1.36. The molecule has 0 atom stereocenters. The Bertz CT molecular complexity index is 663. The van der Waals surface area contributed by atoms with E-state index in [4.69, 9.17) is 0 Å². The lowest BCUT2D eigenvalue weighted by Gasteiger charge is -2.08. The Morgan fingerprint density at radius 3 is 2.14 bits per heavy atom. The Balaban J connectivity index is 2.07.